The highest BCUT2D eigenvalue weighted by Gasteiger charge is 2.38. The first-order chi connectivity index (χ1) is 10.2. The van der Waals surface area contributed by atoms with Gasteiger partial charge in [0.2, 0.25) is 11.8 Å². The van der Waals surface area contributed by atoms with Crippen LogP contribution in [0.1, 0.15) is 44.9 Å². The van der Waals surface area contributed by atoms with Crippen LogP contribution in [0.2, 0.25) is 0 Å². The van der Waals surface area contributed by atoms with E-state index < -0.39 is 0 Å². The molecule has 0 spiro atoms. The van der Waals surface area contributed by atoms with Crippen molar-refractivity contribution >= 4 is 11.8 Å². The molecule has 0 bridgehead atoms. The van der Waals surface area contributed by atoms with E-state index in [1.54, 1.807) is 4.90 Å². The Morgan fingerprint density at radius 3 is 2.67 bits per heavy atom. The van der Waals surface area contributed by atoms with E-state index in [-0.39, 0.29) is 24.4 Å². The van der Waals surface area contributed by atoms with Crippen molar-refractivity contribution < 1.29 is 14.3 Å². The third kappa shape index (κ3) is 3.57. The Balaban J connectivity index is 1.57. The Labute approximate surface area is 126 Å². The van der Waals surface area contributed by atoms with E-state index in [2.05, 4.69) is 5.32 Å². The minimum atomic E-state index is -0.272. The number of carbonyl (C=O) groups is 2. The zero-order chi connectivity index (χ0) is 14.7. The monoisotopic (exact) mass is 294 g/mol. The summed E-state index contributed by atoms with van der Waals surface area (Å²) in [5, 5.41) is 2.94. The van der Waals surface area contributed by atoms with Crippen molar-refractivity contribution in [1.29, 1.82) is 0 Å². The maximum Gasteiger partial charge on any atom is 0.245 e. The van der Waals surface area contributed by atoms with Crippen molar-refractivity contribution in [2.45, 2.75) is 51.0 Å². The van der Waals surface area contributed by atoms with Gasteiger partial charge in [0.15, 0.2) is 0 Å². The van der Waals surface area contributed by atoms with Gasteiger partial charge in [-0.05, 0) is 37.5 Å². The van der Waals surface area contributed by atoms with Gasteiger partial charge in [-0.1, -0.05) is 19.3 Å². The molecule has 2 saturated heterocycles. The molecule has 3 rings (SSSR count). The number of rotatable bonds is 4. The highest BCUT2D eigenvalue weighted by atomic mass is 16.5. The van der Waals surface area contributed by atoms with E-state index in [1.807, 2.05) is 0 Å². The molecule has 0 radical (unpaired) electrons. The average Bonchev–Trinajstić information content (AvgIpc) is 3.02. The van der Waals surface area contributed by atoms with Gasteiger partial charge in [0, 0.05) is 19.8 Å². The van der Waals surface area contributed by atoms with E-state index in [4.69, 9.17) is 4.74 Å². The molecule has 21 heavy (non-hydrogen) atoms. The van der Waals surface area contributed by atoms with Crippen LogP contribution in [0.4, 0.5) is 0 Å². The van der Waals surface area contributed by atoms with Crippen LogP contribution in [0, 0.1) is 11.8 Å². The van der Waals surface area contributed by atoms with Crippen LogP contribution in [0.5, 0.6) is 0 Å². The molecule has 5 heteroatoms. The van der Waals surface area contributed by atoms with Gasteiger partial charge < -0.3 is 15.0 Å². The van der Waals surface area contributed by atoms with Crippen molar-refractivity contribution in [2.24, 2.45) is 11.8 Å². The maximum absolute atomic E-state index is 12.7. The molecule has 1 aliphatic carbocycles. The molecular formula is C16H26N2O3. The summed E-state index contributed by atoms with van der Waals surface area (Å²) in [6, 6.07) is -0.272. The minimum Gasteiger partial charge on any atom is -0.381 e. The molecule has 5 nitrogen and oxygen atoms in total. The second-order valence-corrected chi connectivity index (χ2v) is 6.72. The summed E-state index contributed by atoms with van der Waals surface area (Å²) in [6.45, 7) is 2.57. The smallest absolute Gasteiger partial charge is 0.245 e. The van der Waals surface area contributed by atoms with E-state index in [9.17, 15) is 9.59 Å². The van der Waals surface area contributed by atoms with Gasteiger partial charge in [0.05, 0.1) is 6.54 Å². The van der Waals surface area contributed by atoms with Crippen molar-refractivity contribution in [2.75, 3.05) is 26.3 Å². The second kappa shape index (κ2) is 6.77. The predicted molar refractivity (Wildman–Crippen MR) is 78.6 cm³/mol. The third-order valence-corrected chi connectivity index (χ3v) is 5.18. The number of hydrogen-bond acceptors (Lipinski definition) is 3. The number of nitrogens with one attached hydrogen (secondary N) is 1. The van der Waals surface area contributed by atoms with Crippen molar-refractivity contribution in [1.82, 2.24) is 10.2 Å². The van der Waals surface area contributed by atoms with Gasteiger partial charge >= 0.3 is 0 Å². The first-order valence-corrected chi connectivity index (χ1v) is 8.40. The fraction of sp³-hybridized carbons (Fsp3) is 0.875. The van der Waals surface area contributed by atoms with Crippen LogP contribution in [-0.2, 0) is 14.3 Å². The topological polar surface area (TPSA) is 58.6 Å². The molecule has 2 heterocycles. The minimum absolute atomic E-state index is 0.00726. The molecule has 0 aromatic rings. The largest absolute Gasteiger partial charge is 0.381 e. The summed E-state index contributed by atoms with van der Waals surface area (Å²) >= 11 is 0. The van der Waals surface area contributed by atoms with Gasteiger partial charge in [-0.15, -0.1) is 0 Å². The van der Waals surface area contributed by atoms with Crippen LogP contribution in [-0.4, -0.2) is 49.1 Å². The number of amides is 2. The normalized spacial score (nSPS) is 31.5. The van der Waals surface area contributed by atoms with Gasteiger partial charge in [0.25, 0.3) is 0 Å². The Morgan fingerprint density at radius 2 is 1.95 bits per heavy atom. The summed E-state index contributed by atoms with van der Waals surface area (Å²) in [5.41, 5.74) is 0. The lowest BCUT2D eigenvalue weighted by atomic mass is 9.82. The first kappa shape index (κ1) is 14.8. The summed E-state index contributed by atoms with van der Waals surface area (Å²) in [5.74, 6) is 1.04. The van der Waals surface area contributed by atoms with Crippen molar-refractivity contribution in [3.63, 3.8) is 0 Å². The summed E-state index contributed by atoms with van der Waals surface area (Å²) in [4.78, 5) is 26.4. The molecule has 1 saturated carbocycles. The van der Waals surface area contributed by atoms with Crippen LogP contribution >= 0.6 is 0 Å². The number of ether oxygens (including phenoxy) is 1. The molecule has 0 aromatic heterocycles. The molecule has 2 unspecified atom stereocenters. The predicted octanol–water partition coefficient (Wildman–Crippen LogP) is 1.32. The highest BCUT2D eigenvalue weighted by Crippen LogP contribution is 2.28. The Bertz CT molecular complexity index is 387. The van der Waals surface area contributed by atoms with Crippen LogP contribution < -0.4 is 5.32 Å². The Kier molecular flexibility index (Phi) is 4.78. The zero-order valence-corrected chi connectivity index (χ0v) is 12.7. The van der Waals surface area contributed by atoms with Gasteiger partial charge in [-0.3, -0.25) is 9.59 Å². The second-order valence-electron chi connectivity index (χ2n) is 6.72. The Hall–Kier alpha value is -1.10. The van der Waals surface area contributed by atoms with Gasteiger partial charge in [0.1, 0.15) is 6.04 Å². The van der Waals surface area contributed by atoms with Crippen LogP contribution in [0.25, 0.3) is 0 Å². The van der Waals surface area contributed by atoms with Gasteiger partial charge in [-0.2, -0.15) is 0 Å². The standard InChI is InChI=1S/C16H26N2O3/c19-14-10-18(8-6-12-7-9-21-11-12)16(20)15(17-14)13-4-2-1-3-5-13/h12-13,15H,1-11H2,(H,17,19). The van der Waals surface area contributed by atoms with Crippen molar-refractivity contribution in [3.8, 4) is 0 Å². The fourth-order valence-corrected chi connectivity index (χ4v) is 3.85. The SMILES string of the molecule is O=C1CN(CCC2CCOC2)C(=O)C(C2CCCCC2)N1. The lowest BCUT2D eigenvalue weighted by Crippen LogP contribution is -2.60. The number of carbonyl (C=O) groups excluding carboxylic acids is 2. The van der Waals surface area contributed by atoms with E-state index in [1.165, 1.54) is 19.3 Å². The molecule has 3 aliphatic rings. The molecular weight excluding hydrogens is 268 g/mol. The summed E-state index contributed by atoms with van der Waals surface area (Å²) < 4.78 is 5.38. The highest BCUT2D eigenvalue weighted by molar-refractivity contribution is 5.95. The quantitative estimate of drug-likeness (QED) is 0.851. The van der Waals surface area contributed by atoms with Crippen molar-refractivity contribution in [3.05, 3.63) is 0 Å². The molecule has 2 amide bonds. The number of piperazine rings is 1. The zero-order valence-electron chi connectivity index (χ0n) is 12.7. The first-order valence-electron chi connectivity index (χ1n) is 8.40. The van der Waals surface area contributed by atoms with E-state index in [0.717, 1.165) is 38.9 Å². The van der Waals surface area contributed by atoms with E-state index >= 15 is 0 Å². The van der Waals surface area contributed by atoms with Gasteiger partial charge in [-0.25, -0.2) is 0 Å². The Morgan fingerprint density at radius 1 is 1.14 bits per heavy atom. The molecule has 0 aromatic carbocycles. The molecule has 1 N–H and O–H groups in total. The molecule has 2 aliphatic heterocycles. The maximum atomic E-state index is 12.7. The average molecular weight is 294 g/mol. The third-order valence-electron chi connectivity index (χ3n) is 5.18. The fourth-order valence-electron chi connectivity index (χ4n) is 3.85. The molecule has 3 fully saturated rings. The number of nitrogens with zero attached hydrogens (tertiary/aromatic N) is 1. The summed E-state index contributed by atoms with van der Waals surface area (Å²) in [6.07, 6.45) is 7.81. The summed E-state index contributed by atoms with van der Waals surface area (Å²) in [7, 11) is 0. The lowest BCUT2D eigenvalue weighted by molar-refractivity contribution is -0.146. The molecule has 2 atom stereocenters. The van der Waals surface area contributed by atoms with E-state index in [0.29, 0.717) is 18.4 Å². The number of hydrogen-bond donors (Lipinski definition) is 1. The van der Waals surface area contributed by atoms with Crippen LogP contribution in [0.15, 0.2) is 0 Å². The van der Waals surface area contributed by atoms with Crippen LogP contribution in [0.3, 0.4) is 0 Å². The molecule has 118 valence electrons. The lowest BCUT2D eigenvalue weighted by Gasteiger charge is -2.38.